The van der Waals surface area contributed by atoms with Gasteiger partial charge in [0.2, 0.25) is 5.91 Å². The van der Waals surface area contributed by atoms with Gasteiger partial charge < -0.3 is 5.32 Å². The SMILES string of the molecule is C#Cc1cccc(NC(=O)CC(=O)c2ccccc2)c1. The van der Waals surface area contributed by atoms with Crippen molar-refractivity contribution >= 4 is 17.4 Å². The molecule has 98 valence electrons. The first-order valence-corrected chi connectivity index (χ1v) is 6.14. The van der Waals surface area contributed by atoms with Gasteiger partial charge in [0.15, 0.2) is 5.78 Å². The number of hydrogen-bond donors (Lipinski definition) is 1. The van der Waals surface area contributed by atoms with Crippen molar-refractivity contribution in [2.75, 3.05) is 5.32 Å². The zero-order valence-electron chi connectivity index (χ0n) is 10.8. The smallest absolute Gasteiger partial charge is 0.232 e. The predicted molar refractivity (Wildman–Crippen MR) is 78.4 cm³/mol. The number of ketones is 1. The summed E-state index contributed by atoms with van der Waals surface area (Å²) < 4.78 is 0. The van der Waals surface area contributed by atoms with E-state index < -0.39 is 0 Å². The molecule has 0 unspecified atom stereocenters. The lowest BCUT2D eigenvalue weighted by Gasteiger charge is -2.05. The summed E-state index contributed by atoms with van der Waals surface area (Å²) in [5, 5.41) is 2.66. The number of hydrogen-bond acceptors (Lipinski definition) is 2. The first-order chi connectivity index (χ1) is 9.69. The monoisotopic (exact) mass is 263 g/mol. The van der Waals surface area contributed by atoms with Crippen molar-refractivity contribution in [3.05, 3.63) is 65.7 Å². The standard InChI is InChI=1S/C17H13NO2/c1-2-13-7-6-10-15(11-13)18-17(20)12-16(19)14-8-4-3-5-9-14/h1,3-11H,12H2,(H,18,20). The Morgan fingerprint density at radius 3 is 2.50 bits per heavy atom. The third-order valence-electron chi connectivity index (χ3n) is 2.73. The molecule has 3 nitrogen and oxygen atoms in total. The minimum atomic E-state index is -0.354. The van der Waals surface area contributed by atoms with Crippen molar-refractivity contribution in [3.63, 3.8) is 0 Å². The van der Waals surface area contributed by atoms with E-state index in [-0.39, 0.29) is 18.1 Å². The fraction of sp³-hybridized carbons (Fsp3) is 0.0588. The Kier molecular flexibility index (Phi) is 4.31. The number of benzene rings is 2. The molecule has 0 saturated heterocycles. The molecular weight excluding hydrogens is 250 g/mol. The Morgan fingerprint density at radius 1 is 1.05 bits per heavy atom. The molecule has 2 aromatic rings. The minimum absolute atomic E-state index is 0.190. The molecule has 0 heterocycles. The van der Waals surface area contributed by atoms with Gasteiger partial charge in [-0.2, -0.15) is 0 Å². The van der Waals surface area contributed by atoms with Gasteiger partial charge in [0.25, 0.3) is 0 Å². The zero-order chi connectivity index (χ0) is 14.4. The van der Waals surface area contributed by atoms with Crippen molar-refractivity contribution in [2.24, 2.45) is 0 Å². The average Bonchev–Trinajstić information content (AvgIpc) is 2.48. The number of carbonyl (C=O) groups excluding carboxylic acids is 2. The van der Waals surface area contributed by atoms with Crippen LogP contribution in [0.25, 0.3) is 0 Å². The molecule has 0 fully saturated rings. The Labute approximate surface area is 117 Å². The van der Waals surface area contributed by atoms with Crippen molar-refractivity contribution in [1.82, 2.24) is 0 Å². The van der Waals surface area contributed by atoms with Crippen LogP contribution in [0.2, 0.25) is 0 Å². The number of Topliss-reactive ketones (excluding diaryl/α,β-unsaturated/α-hetero) is 1. The Bertz CT molecular complexity index is 669. The number of nitrogens with one attached hydrogen (secondary N) is 1. The van der Waals surface area contributed by atoms with E-state index in [1.165, 1.54) is 0 Å². The number of rotatable bonds is 4. The summed E-state index contributed by atoms with van der Waals surface area (Å²) in [6.07, 6.45) is 5.10. The highest BCUT2D eigenvalue weighted by atomic mass is 16.2. The summed E-state index contributed by atoms with van der Waals surface area (Å²) in [6, 6.07) is 15.7. The van der Waals surface area contributed by atoms with Crippen LogP contribution in [0.15, 0.2) is 54.6 Å². The van der Waals surface area contributed by atoms with Gasteiger partial charge in [0, 0.05) is 16.8 Å². The topological polar surface area (TPSA) is 46.2 Å². The van der Waals surface area contributed by atoms with Gasteiger partial charge in [0.1, 0.15) is 0 Å². The summed E-state index contributed by atoms with van der Waals surface area (Å²) in [6.45, 7) is 0. The second-order valence-electron chi connectivity index (χ2n) is 4.24. The Hall–Kier alpha value is -2.86. The van der Waals surface area contributed by atoms with Crippen LogP contribution in [-0.4, -0.2) is 11.7 Å². The molecule has 0 aliphatic heterocycles. The molecule has 0 aliphatic carbocycles. The van der Waals surface area contributed by atoms with Crippen LogP contribution < -0.4 is 5.32 Å². The van der Waals surface area contributed by atoms with Gasteiger partial charge in [-0.05, 0) is 18.2 Å². The summed E-state index contributed by atoms with van der Waals surface area (Å²) in [4.78, 5) is 23.7. The fourth-order valence-corrected chi connectivity index (χ4v) is 1.76. The van der Waals surface area contributed by atoms with E-state index in [0.717, 1.165) is 0 Å². The van der Waals surface area contributed by atoms with Crippen LogP contribution in [0.3, 0.4) is 0 Å². The van der Waals surface area contributed by atoms with Crippen molar-refractivity contribution in [3.8, 4) is 12.3 Å². The molecular formula is C17H13NO2. The summed E-state index contributed by atoms with van der Waals surface area (Å²) >= 11 is 0. The summed E-state index contributed by atoms with van der Waals surface area (Å²) in [7, 11) is 0. The van der Waals surface area contributed by atoms with Crippen LogP contribution in [0, 0.1) is 12.3 Å². The van der Waals surface area contributed by atoms with Crippen LogP contribution in [0.4, 0.5) is 5.69 Å². The lowest BCUT2D eigenvalue weighted by molar-refractivity contribution is -0.115. The predicted octanol–water partition coefficient (Wildman–Crippen LogP) is 2.88. The van der Waals surface area contributed by atoms with E-state index >= 15 is 0 Å². The van der Waals surface area contributed by atoms with Gasteiger partial charge in [0.05, 0.1) is 6.42 Å². The van der Waals surface area contributed by atoms with Crippen LogP contribution in [0.1, 0.15) is 22.3 Å². The Balaban J connectivity index is 1.99. The van der Waals surface area contributed by atoms with E-state index in [1.54, 1.807) is 48.5 Å². The molecule has 0 bridgehead atoms. The number of terminal acetylenes is 1. The summed E-state index contributed by atoms with van der Waals surface area (Å²) in [5.74, 6) is 1.92. The number of anilines is 1. The minimum Gasteiger partial charge on any atom is -0.326 e. The van der Waals surface area contributed by atoms with Gasteiger partial charge in [-0.15, -0.1) is 6.42 Å². The molecule has 3 heteroatoms. The first kappa shape index (κ1) is 13.6. The molecule has 2 aromatic carbocycles. The number of carbonyl (C=O) groups is 2. The lowest BCUT2D eigenvalue weighted by atomic mass is 10.1. The van der Waals surface area contributed by atoms with Crippen molar-refractivity contribution in [2.45, 2.75) is 6.42 Å². The van der Waals surface area contributed by atoms with Gasteiger partial charge in [-0.25, -0.2) is 0 Å². The number of amides is 1. The maximum atomic E-state index is 11.9. The molecule has 0 radical (unpaired) electrons. The van der Waals surface area contributed by atoms with Gasteiger partial charge >= 0.3 is 0 Å². The van der Waals surface area contributed by atoms with E-state index in [4.69, 9.17) is 6.42 Å². The Morgan fingerprint density at radius 2 is 1.80 bits per heavy atom. The zero-order valence-corrected chi connectivity index (χ0v) is 10.8. The second-order valence-corrected chi connectivity index (χ2v) is 4.24. The third kappa shape index (κ3) is 3.56. The normalized spacial score (nSPS) is 9.55. The molecule has 0 aromatic heterocycles. The molecule has 20 heavy (non-hydrogen) atoms. The molecule has 0 spiro atoms. The molecule has 0 aliphatic rings. The van der Waals surface area contributed by atoms with E-state index in [9.17, 15) is 9.59 Å². The van der Waals surface area contributed by atoms with Gasteiger partial charge in [-0.3, -0.25) is 9.59 Å². The lowest BCUT2D eigenvalue weighted by Crippen LogP contribution is -2.16. The highest BCUT2D eigenvalue weighted by Gasteiger charge is 2.11. The molecule has 1 N–H and O–H groups in total. The third-order valence-corrected chi connectivity index (χ3v) is 2.73. The van der Waals surface area contributed by atoms with E-state index in [0.29, 0.717) is 16.8 Å². The fourth-order valence-electron chi connectivity index (χ4n) is 1.76. The average molecular weight is 263 g/mol. The van der Waals surface area contributed by atoms with Gasteiger partial charge in [-0.1, -0.05) is 42.3 Å². The summed E-state index contributed by atoms with van der Waals surface area (Å²) in [5.41, 5.74) is 1.79. The van der Waals surface area contributed by atoms with Crippen LogP contribution >= 0.6 is 0 Å². The van der Waals surface area contributed by atoms with Crippen LogP contribution in [0.5, 0.6) is 0 Å². The second kappa shape index (κ2) is 6.35. The maximum absolute atomic E-state index is 11.9. The largest absolute Gasteiger partial charge is 0.326 e. The molecule has 1 amide bonds. The highest BCUT2D eigenvalue weighted by Crippen LogP contribution is 2.11. The van der Waals surface area contributed by atoms with Crippen molar-refractivity contribution in [1.29, 1.82) is 0 Å². The van der Waals surface area contributed by atoms with E-state index in [1.807, 2.05) is 6.07 Å². The van der Waals surface area contributed by atoms with Crippen molar-refractivity contribution < 1.29 is 9.59 Å². The quantitative estimate of drug-likeness (QED) is 0.524. The highest BCUT2D eigenvalue weighted by molar-refractivity contribution is 6.10. The van der Waals surface area contributed by atoms with Crippen LogP contribution in [-0.2, 0) is 4.79 Å². The first-order valence-electron chi connectivity index (χ1n) is 6.14. The maximum Gasteiger partial charge on any atom is 0.232 e. The molecule has 0 saturated carbocycles. The molecule has 0 atom stereocenters. The molecule has 2 rings (SSSR count). The van der Waals surface area contributed by atoms with E-state index in [2.05, 4.69) is 11.2 Å².